The Bertz CT molecular complexity index is 2050. The van der Waals surface area contributed by atoms with E-state index in [2.05, 4.69) is 15.7 Å². The van der Waals surface area contributed by atoms with Crippen LogP contribution in [-0.4, -0.2) is 67.8 Å². The van der Waals surface area contributed by atoms with E-state index in [9.17, 15) is 19.2 Å². The molecule has 13 heteroatoms. The van der Waals surface area contributed by atoms with Gasteiger partial charge < -0.3 is 24.8 Å². The van der Waals surface area contributed by atoms with Gasteiger partial charge in [-0.1, -0.05) is 18.2 Å². The fourth-order valence-corrected chi connectivity index (χ4v) is 7.48. The van der Waals surface area contributed by atoms with Gasteiger partial charge in [-0.3, -0.25) is 14.4 Å². The topological polar surface area (TPSA) is 155 Å². The molecule has 7 rings (SSSR count). The van der Waals surface area contributed by atoms with Crippen LogP contribution in [-0.2, 0) is 14.3 Å². The summed E-state index contributed by atoms with van der Waals surface area (Å²) in [5.74, 6) is 1.03. The van der Waals surface area contributed by atoms with Crippen molar-refractivity contribution < 1.29 is 28.6 Å². The molecule has 0 aliphatic heterocycles. The predicted octanol–water partition coefficient (Wildman–Crippen LogP) is 6.09. The first kappa shape index (κ1) is 36.4. The van der Waals surface area contributed by atoms with Gasteiger partial charge in [0.1, 0.15) is 30.1 Å². The van der Waals surface area contributed by atoms with Gasteiger partial charge in [0.05, 0.1) is 40.6 Å². The van der Waals surface area contributed by atoms with Crippen molar-refractivity contribution >= 4 is 34.3 Å². The number of aromatic nitrogens is 4. The maximum absolute atomic E-state index is 13.7. The van der Waals surface area contributed by atoms with Crippen LogP contribution in [0.25, 0.3) is 16.3 Å². The lowest BCUT2D eigenvalue weighted by atomic mass is 9.82. The van der Waals surface area contributed by atoms with Crippen LogP contribution in [0, 0.1) is 11.8 Å². The lowest BCUT2D eigenvalue weighted by Crippen LogP contribution is -2.40. The van der Waals surface area contributed by atoms with Crippen LogP contribution in [0.2, 0.25) is 0 Å². The highest BCUT2D eigenvalue weighted by molar-refractivity contribution is 6.00. The van der Waals surface area contributed by atoms with Crippen LogP contribution in [0.3, 0.4) is 0 Å². The summed E-state index contributed by atoms with van der Waals surface area (Å²) in [6, 6.07) is 11.7. The van der Waals surface area contributed by atoms with Gasteiger partial charge in [-0.15, -0.1) is 0 Å². The number of esters is 1. The Morgan fingerprint density at radius 3 is 2.23 bits per heavy atom. The number of alkyl carbamates (subject to hydrolysis) is 1. The molecular weight excluding hydrogens is 676 g/mol. The molecule has 1 aromatic carbocycles. The third-order valence-corrected chi connectivity index (χ3v) is 10.3. The molecule has 3 aliphatic rings. The number of rotatable bonds is 12. The highest BCUT2D eigenvalue weighted by Gasteiger charge is 2.44. The molecule has 0 radical (unpaired) electrons. The number of amides is 2. The SMILES string of the molecule is CC(C)(C)OC(=O)NCC(=O)OC(C)(C)COc1ccc2c(C(=O)NC3CCC(c4nn(C(C5CC5)C5CC5)c(=O)c5ccccc45)CC3)cnn2c1. The van der Waals surface area contributed by atoms with Crippen molar-refractivity contribution in [2.45, 2.75) is 115 Å². The second-order valence-electron chi connectivity index (χ2n) is 16.5. The lowest BCUT2D eigenvalue weighted by molar-refractivity contribution is -0.157. The van der Waals surface area contributed by atoms with Crippen LogP contribution in [0.1, 0.15) is 114 Å². The maximum Gasteiger partial charge on any atom is 0.408 e. The number of carbonyl (C=O) groups excluding carboxylic acids is 3. The van der Waals surface area contributed by atoms with Crippen molar-refractivity contribution in [3.8, 4) is 5.75 Å². The third kappa shape index (κ3) is 8.66. The van der Waals surface area contributed by atoms with Gasteiger partial charge in [0, 0.05) is 17.3 Å². The molecule has 4 aromatic rings. The fraction of sp³-hybridized carbons (Fsp3) is 0.550. The van der Waals surface area contributed by atoms with E-state index >= 15 is 0 Å². The molecule has 0 saturated heterocycles. The zero-order valence-corrected chi connectivity index (χ0v) is 31.2. The number of ether oxygens (including phenoxy) is 3. The number of pyridine rings is 1. The van der Waals surface area contributed by atoms with Crippen molar-refractivity contribution in [2.75, 3.05) is 13.2 Å². The minimum absolute atomic E-state index is 0.0171. The Balaban J connectivity index is 0.938. The van der Waals surface area contributed by atoms with Crippen molar-refractivity contribution in [1.82, 2.24) is 30.0 Å². The second-order valence-corrected chi connectivity index (χ2v) is 16.5. The molecule has 0 unspecified atom stereocenters. The molecular formula is C40H50N6O7. The minimum Gasteiger partial charge on any atom is -0.488 e. The Hall–Kier alpha value is -4.94. The number of nitrogens with zero attached hydrogens (tertiary/aromatic N) is 4. The number of fused-ring (bicyclic) bond motifs is 2. The number of hydrogen-bond donors (Lipinski definition) is 2. The Morgan fingerprint density at radius 1 is 0.887 bits per heavy atom. The monoisotopic (exact) mass is 726 g/mol. The molecule has 3 saturated carbocycles. The van der Waals surface area contributed by atoms with E-state index in [1.54, 1.807) is 63.7 Å². The summed E-state index contributed by atoms with van der Waals surface area (Å²) in [6.45, 7) is 8.32. The van der Waals surface area contributed by atoms with Gasteiger partial charge in [-0.25, -0.2) is 14.0 Å². The fourth-order valence-electron chi connectivity index (χ4n) is 7.48. The van der Waals surface area contributed by atoms with Gasteiger partial charge in [-0.2, -0.15) is 10.2 Å². The summed E-state index contributed by atoms with van der Waals surface area (Å²) in [6.07, 6.45) is 10.6. The first-order chi connectivity index (χ1) is 25.2. The second kappa shape index (κ2) is 14.5. The smallest absolute Gasteiger partial charge is 0.408 e. The van der Waals surface area contributed by atoms with E-state index in [1.165, 1.54) is 25.7 Å². The van der Waals surface area contributed by atoms with Crippen molar-refractivity contribution in [2.24, 2.45) is 11.8 Å². The van der Waals surface area contributed by atoms with E-state index in [4.69, 9.17) is 19.3 Å². The Morgan fingerprint density at radius 2 is 1.57 bits per heavy atom. The van der Waals surface area contributed by atoms with Crippen molar-refractivity contribution in [3.63, 3.8) is 0 Å². The quantitative estimate of drug-likeness (QED) is 0.165. The summed E-state index contributed by atoms with van der Waals surface area (Å²) in [5, 5.41) is 16.9. The van der Waals surface area contributed by atoms with Gasteiger partial charge in [-0.05, 0) is 116 Å². The molecule has 13 nitrogen and oxygen atoms in total. The van der Waals surface area contributed by atoms with Crippen LogP contribution >= 0.6 is 0 Å². The first-order valence-corrected chi connectivity index (χ1v) is 18.9. The standard InChI is InChI=1S/C40H50N6O7/c1-39(2,3)53-38(50)41-21-33(47)52-40(4,5)23-51-28-18-19-32-31(20-42-45(32)22-28)36(48)43-27-16-14-24(15-17-27)34-29-8-6-7-9-30(29)37(49)46(44-34)35(25-10-11-25)26-12-13-26/h6-9,18-20,22,24-27,35H,10-17,21,23H2,1-5H3,(H,41,50)(H,43,48). The van der Waals surface area contributed by atoms with E-state index in [0.29, 0.717) is 28.7 Å². The molecule has 0 spiro atoms. The molecule has 3 heterocycles. The molecule has 53 heavy (non-hydrogen) atoms. The Labute approximate surface area is 308 Å². The van der Waals surface area contributed by atoms with Crippen LogP contribution in [0.5, 0.6) is 5.75 Å². The molecule has 3 fully saturated rings. The van der Waals surface area contributed by atoms with Crippen LogP contribution < -0.4 is 20.9 Å². The average Bonchev–Trinajstić information content (AvgIpc) is 4.06. The number of carbonyl (C=O) groups is 3. The van der Waals surface area contributed by atoms with Gasteiger partial charge in [0.25, 0.3) is 11.5 Å². The number of hydrogen-bond acceptors (Lipinski definition) is 9. The molecule has 3 aromatic heterocycles. The largest absolute Gasteiger partial charge is 0.488 e. The minimum atomic E-state index is -0.991. The van der Waals surface area contributed by atoms with Gasteiger partial charge >= 0.3 is 12.1 Å². The van der Waals surface area contributed by atoms with E-state index < -0.39 is 23.3 Å². The molecule has 282 valence electrons. The number of benzene rings is 1. The summed E-state index contributed by atoms with van der Waals surface area (Å²) in [5.41, 5.74) is 0.501. The van der Waals surface area contributed by atoms with E-state index in [-0.39, 0.29) is 42.6 Å². The van der Waals surface area contributed by atoms with E-state index in [1.807, 2.05) is 28.9 Å². The zero-order valence-electron chi connectivity index (χ0n) is 31.2. The summed E-state index contributed by atoms with van der Waals surface area (Å²) >= 11 is 0. The van der Waals surface area contributed by atoms with Crippen molar-refractivity contribution in [3.05, 3.63) is 70.4 Å². The lowest BCUT2D eigenvalue weighted by Gasteiger charge is -2.30. The normalized spacial score (nSPS) is 19.3. The van der Waals surface area contributed by atoms with Crippen LogP contribution in [0.4, 0.5) is 4.79 Å². The molecule has 3 aliphatic carbocycles. The number of nitrogens with one attached hydrogen (secondary N) is 2. The van der Waals surface area contributed by atoms with Gasteiger partial charge in [0.15, 0.2) is 0 Å². The molecule has 0 atom stereocenters. The summed E-state index contributed by atoms with van der Waals surface area (Å²) in [7, 11) is 0. The maximum atomic E-state index is 13.7. The van der Waals surface area contributed by atoms with Gasteiger partial charge in [0.2, 0.25) is 0 Å². The Kier molecular flexibility index (Phi) is 9.94. The highest BCUT2D eigenvalue weighted by atomic mass is 16.6. The predicted molar refractivity (Wildman–Crippen MR) is 198 cm³/mol. The van der Waals surface area contributed by atoms with Crippen LogP contribution in [0.15, 0.2) is 53.6 Å². The first-order valence-electron chi connectivity index (χ1n) is 18.9. The molecule has 2 N–H and O–H groups in total. The summed E-state index contributed by atoms with van der Waals surface area (Å²) in [4.78, 5) is 51.3. The van der Waals surface area contributed by atoms with Crippen molar-refractivity contribution in [1.29, 1.82) is 0 Å². The summed E-state index contributed by atoms with van der Waals surface area (Å²) < 4.78 is 20.0. The zero-order chi connectivity index (χ0) is 37.5. The highest BCUT2D eigenvalue weighted by Crippen LogP contribution is 2.51. The molecule has 0 bridgehead atoms. The van der Waals surface area contributed by atoms with E-state index in [0.717, 1.165) is 42.1 Å². The molecule has 2 amide bonds. The third-order valence-electron chi connectivity index (χ3n) is 10.3. The average molecular weight is 727 g/mol.